The van der Waals surface area contributed by atoms with Crippen LogP contribution < -0.4 is 0 Å². The lowest BCUT2D eigenvalue weighted by Gasteiger charge is -2.22. The Hall–Kier alpha value is -2.66. The smallest absolute Gasteiger partial charge is 0.227 e. The molecule has 158 valence electrons. The highest BCUT2D eigenvalue weighted by Crippen LogP contribution is 2.24. The van der Waals surface area contributed by atoms with Crippen LogP contribution in [0.3, 0.4) is 0 Å². The highest BCUT2D eigenvalue weighted by molar-refractivity contribution is 5.90. The molecular weight excluding hydrogens is 377 g/mol. The summed E-state index contributed by atoms with van der Waals surface area (Å²) in [4.78, 5) is 20.7. The molecule has 5 heteroatoms. The van der Waals surface area contributed by atoms with Crippen molar-refractivity contribution < 1.29 is 9.18 Å². The van der Waals surface area contributed by atoms with Crippen molar-refractivity contribution in [3.05, 3.63) is 71.2 Å². The van der Waals surface area contributed by atoms with Crippen LogP contribution in [0.5, 0.6) is 0 Å². The predicted octanol–water partition coefficient (Wildman–Crippen LogP) is 4.33. The highest BCUT2D eigenvalue weighted by atomic mass is 19.1. The van der Waals surface area contributed by atoms with E-state index in [-0.39, 0.29) is 11.7 Å². The van der Waals surface area contributed by atoms with E-state index in [2.05, 4.69) is 40.2 Å². The molecule has 1 saturated heterocycles. The van der Waals surface area contributed by atoms with Crippen LogP contribution in [0.2, 0.25) is 0 Å². The van der Waals surface area contributed by atoms with E-state index in [1.807, 2.05) is 11.8 Å². The van der Waals surface area contributed by atoms with Crippen LogP contribution in [0.1, 0.15) is 29.7 Å². The van der Waals surface area contributed by atoms with E-state index in [0.29, 0.717) is 6.42 Å². The lowest BCUT2D eigenvalue weighted by molar-refractivity contribution is -0.130. The maximum Gasteiger partial charge on any atom is 0.227 e. The fraction of sp³-hybridized carbons (Fsp3) is 0.400. The second-order valence-corrected chi connectivity index (χ2v) is 8.26. The summed E-state index contributed by atoms with van der Waals surface area (Å²) >= 11 is 0. The predicted molar refractivity (Wildman–Crippen MR) is 119 cm³/mol. The van der Waals surface area contributed by atoms with Crippen LogP contribution >= 0.6 is 0 Å². The van der Waals surface area contributed by atoms with Crippen LogP contribution in [0, 0.1) is 12.7 Å². The number of aryl methyl sites for hydroxylation is 2. The maximum absolute atomic E-state index is 13.7. The molecule has 1 N–H and O–H groups in total. The number of aromatic nitrogens is 1. The molecule has 30 heavy (non-hydrogen) atoms. The summed E-state index contributed by atoms with van der Waals surface area (Å²) < 4.78 is 13.7. The quantitative estimate of drug-likeness (QED) is 0.661. The molecule has 4 nitrogen and oxygen atoms in total. The number of halogens is 1. The molecule has 4 rings (SSSR count). The second-order valence-electron chi connectivity index (χ2n) is 8.26. The number of nitrogens with zero attached hydrogens (tertiary/aromatic N) is 2. The normalized spacial score (nSPS) is 15.5. The number of benzene rings is 2. The minimum Gasteiger partial charge on any atom is -0.358 e. The van der Waals surface area contributed by atoms with Crippen molar-refractivity contribution in [3.8, 4) is 0 Å². The number of aromatic amines is 1. The summed E-state index contributed by atoms with van der Waals surface area (Å²) in [5, 5.41) is 0.818. The third-order valence-electron chi connectivity index (χ3n) is 6.13. The molecule has 0 unspecified atom stereocenters. The first-order valence-electron chi connectivity index (χ1n) is 10.9. The lowest BCUT2D eigenvalue weighted by Crippen LogP contribution is -2.36. The number of amides is 1. The van der Waals surface area contributed by atoms with Crippen molar-refractivity contribution in [1.29, 1.82) is 0 Å². The Morgan fingerprint density at radius 1 is 1.07 bits per heavy atom. The first-order valence-corrected chi connectivity index (χ1v) is 10.9. The average Bonchev–Trinajstić information content (AvgIpc) is 2.91. The molecule has 0 saturated carbocycles. The molecular formula is C25H30FN3O. The summed E-state index contributed by atoms with van der Waals surface area (Å²) in [6.45, 7) is 6.54. The minimum atomic E-state index is -0.267. The van der Waals surface area contributed by atoms with E-state index < -0.39 is 0 Å². The molecule has 0 radical (unpaired) electrons. The van der Waals surface area contributed by atoms with Crippen LogP contribution in [-0.4, -0.2) is 53.4 Å². The largest absolute Gasteiger partial charge is 0.358 e. The first kappa shape index (κ1) is 20.6. The molecule has 2 aromatic carbocycles. The standard InChI is InChI=1S/C25H30FN3O/c1-19-22(23-17-21(26)10-11-24(23)27-19)18-25(30)29-14-6-13-28(15-16-29)12-5-9-20-7-3-2-4-8-20/h2-4,7-8,10-11,17,27H,5-6,9,12-16,18H2,1H3. The molecule has 0 spiro atoms. The topological polar surface area (TPSA) is 39.3 Å². The molecule has 1 aliphatic heterocycles. The van der Waals surface area contributed by atoms with Gasteiger partial charge in [-0.3, -0.25) is 4.79 Å². The van der Waals surface area contributed by atoms with Gasteiger partial charge in [-0.15, -0.1) is 0 Å². The van der Waals surface area contributed by atoms with Crippen molar-refractivity contribution in [2.75, 3.05) is 32.7 Å². The van der Waals surface area contributed by atoms with Gasteiger partial charge in [-0.05, 0) is 68.6 Å². The Bertz CT molecular complexity index is 998. The highest BCUT2D eigenvalue weighted by Gasteiger charge is 2.21. The van der Waals surface area contributed by atoms with Crippen molar-refractivity contribution in [2.24, 2.45) is 0 Å². The van der Waals surface area contributed by atoms with Crippen molar-refractivity contribution in [3.63, 3.8) is 0 Å². The number of hydrogen-bond acceptors (Lipinski definition) is 2. The van der Waals surface area contributed by atoms with Gasteiger partial charge in [-0.25, -0.2) is 4.39 Å². The lowest BCUT2D eigenvalue weighted by atomic mass is 10.1. The summed E-state index contributed by atoms with van der Waals surface area (Å²) in [5.41, 5.74) is 4.13. The number of carbonyl (C=O) groups excluding carboxylic acids is 1. The van der Waals surface area contributed by atoms with Gasteiger partial charge in [0, 0.05) is 36.2 Å². The molecule has 1 amide bonds. The molecule has 1 aliphatic rings. The number of carbonyl (C=O) groups is 1. The molecule has 0 aliphatic carbocycles. The number of hydrogen-bond donors (Lipinski definition) is 1. The third-order valence-corrected chi connectivity index (χ3v) is 6.13. The second kappa shape index (κ2) is 9.43. The Labute approximate surface area is 177 Å². The van der Waals surface area contributed by atoms with E-state index in [0.717, 1.165) is 74.1 Å². The monoisotopic (exact) mass is 407 g/mol. The van der Waals surface area contributed by atoms with Gasteiger partial charge in [0.1, 0.15) is 5.82 Å². The van der Waals surface area contributed by atoms with E-state index in [4.69, 9.17) is 0 Å². The number of nitrogens with one attached hydrogen (secondary N) is 1. The van der Waals surface area contributed by atoms with Gasteiger partial charge in [-0.2, -0.15) is 0 Å². The molecule has 3 aromatic rings. The zero-order valence-corrected chi connectivity index (χ0v) is 17.7. The Morgan fingerprint density at radius 3 is 2.73 bits per heavy atom. The van der Waals surface area contributed by atoms with Gasteiger partial charge < -0.3 is 14.8 Å². The van der Waals surface area contributed by atoms with Gasteiger partial charge in [0.25, 0.3) is 0 Å². The Kier molecular flexibility index (Phi) is 6.48. The Morgan fingerprint density at radius 2 is 1.90 bits per heavy atom. The summed E-state index contributed by atoms with van der Waals surface area (Å²) in [6, 6.07) is 15.3. The molecule has 2 heterocycles. The fourth-order valence-corrected chi connectivity index (χ4v) is 4.44. The average molecular weight is 408 g/mol. The Balaban J connectivity index is 1.31. The maximum atomic E-state index is 13.7. The van der Waals surface area contributed by atoms with Crippen molar-refractivity contribution in [1.82, 2.24) is 14.8 Å². The van der Waals surface area contributed by atoms with E-state index in [1.165, 1.54) is 17.7 Å². The summed E-state index contributed by atoms with van der Waals surface area (Å²) in [5.74, 6) is -0.134. The number of H-pyrrole nitrogens is 1. The van der Waals surface area contributed by atoms with Gasteiger partial charge in [0.05, 0.1) is 6.42 Å². The van der Waals surface area contributed by atoms with E-state index >= 15 is 0 Å². The number of fused-ring (bicyclic) bond motifs is 1. The molecule has 0 bridgehead atoms. The fourth-order valence-electron chi connectivity index (χ4n) is 4.44. The van der Waals surface area contributed by atoms with E-state index in [9.17, 15) is 9.18 Å². The summed E-state index contributed by atoms with van der Waals surface area (Å²) in [6.07, 6.45) is 3.55. The van der Waals surface area contributed by atoms with Gasteiger partial charge >= 0.3 is 0 Å². The van der Waals surface area contributed by atoms with Crippen LogP contribution in [0.15, 0.2) is 48.5 Å². The zero-order valence-electron chi connectivity index (χ0n) is 17.7. The first-order chi connectivity index (χ1) is 14.6. The van der Waals surface area contributed by atoms with Crippen LogP contribution in [0.25, 0.3) is 10.9 Å². The van der Waals surface area contributed by atoms with E-state index in [1.54, 1.807) is 6.07 Å². The third kappa shape index (κ3) is 4.90. The SMILES string of the molecule is Cc1[nH]c2ccc(F)cc2c1CC(=O)N1CCCN(CCCc2ccccc2)CC1. The minimum absolute atomic E-state index is 0.134. The molecule has 0 atom stereocenters. The zero-order chi connectivity index (χ0) is 20.9. The molecule has 1 fully saturated rings. The molecule has 1 aromatic heterocycles. The van der Waals surface area contributed by atoms with Gasteiger partial charge in [-0.1, -0.05) is 30.3 Å². The van der Waals surface area contributed by atoms with Crippen molar-refractivity contribution >= 4 is 16.8 Å². The number of rotatable bonds is 6. The van der Waals surface area contributed by atoms with Gasteiger partial charge in [0.15, 0.2) is 0 Å². The van der Waals surface area contributed by atoms with Crippen LogP contribution in [0.4, 0.5) is 4.39 Å². The summed E-state index contributed by atoms with van der Waals surface area (Å²) in [7, 11) is 0. The van der Waals surface area contributed by atoms with Crippen molar-refractivity contribution in [2.45, 2.75) is 32.6 Å². The van der Waals surface area contributed by atoms with Crippen LogP contribution in [-0.2, 0) is 17.6 Å². The van der Waals surface area contributed by atoms with Gasteiger partial charge in [0.2, 0.25) is 5.91 Å².